The first-order valence-corrected chi connectivity index (χ1v) is 50.1. The molecule has 6 heterocycles. The van der Waals surface area contributed by atoms with Crippen LogP contribution in [0.1, 0.15) is 150 Å². The Bertz CT molecular complexity index is 8180. The predicted molar refractivity (Wildman–Crippen MR) is 590 cm³/mol. The maximum atomic E-state index is 5.39. The quantitative estimate of drug-likeness (QED) is 0.118. The Hall–Kier alpha value is -17.0. The molecule has 0 atom stereocenters. The Balaban J connectivity index is 0.000000113. The van der Waals surface area contributed by atoms with Crippen LogP contribution in [0.3, 0.4) is 0 Å². The molecule has 0 aliphatic heterocycles. The average molecular weight is 1850 g/mol. The fraction of sp³-hybridized carbons (Fsp3) is 0.133. The number of hydrogen-bond donors (Lipinski definition) is 0. The van der Waals surface area contributed by atoms with Crippen LogP contribution in [0.4, 0.5) is 0 Å². The number of pyridine rings is 4. The third-order valence-electron chi connectivity index (χ3n) is 31.8. The van der Waals surface area contributed by atoms with Crippen LogP contribution in [0.15, 0.2) is 419 Å². The third-order valence-corrected chi connectivity index (χ3v) is 31.8. The lowest BCUT2D eigenvalue weighted by Gasteiger charge is -2.21. The van der Waals surface area contributed by atoms with Crippen molar-refractivity contribution in [1.82, 2.24) is 44.9 Å². The minimum atomic E-state index is -0.123. The van der Waals surface area contributed by atoms with Crippen molar-refractivity contribution in [3.8, 4) is 202 Å². The van der Waals surface area contributed by atoms with Gasteiger partial charge in [0, 0.05) is 112 Å². The Labute approximate surface area is 842 Å². The van der Waals surface area contributed by atoms with Gasteiger partial charge in [-0.25, -0.2) is 29.9 Å². The van der Waals surface area contributed by atoms with Gasteiger partial charge in [-0.2, -0.15) is 0 Å². The van der Waals surface area contributed by atoms with E-state index in [1.54, 1.807) is 0 Å². The summed E-state index contributed by atoms with van der Waals surface area (Å²) < 4.78 is 0. The molecular formula is C135H105N9. The van der Waals surface area contributed by atoms with Gasteiger partial charge in [-0.1, -0.05) is 399 Å². The highest BCUT2D eigenvalue weighted by molar-refractivity contribution is 5.95. The summed E-state index contributed by atoms with van der Waals surface area (Å²) in [6.45, 7) is 27.8. The van der Waals surface area contributed by atoms with E-state index < -0.39 is 0 Å². The third kappa shape index (κ3) is 14.7. The van der Waals surface area contributed by atoms with Crippen LogP contribution in [0.5, 0.6) is 0 Å². The fourth-order valence-electron chi connectivity index (χ4n) is 24.0. The molecule has 0 fully saturated rings. The van der Waals surface area contributed by atoms with Crippen molar-refractivity contribution in [2.45, 2.75) is 116 Å². The molecule has 0 amide bonds. The van der Waals surface area contributed by atoms with Crippen LogP contribution in [0, 0.1) is 0 Å². The molecule has 21 aromatic rings. The zero-order chi connectivity index (χ0) is 97.9. The fourth-order valence-corrected chi connectivity index (χ4v) is 24.0. The van der Waals surface area contributed by atoms with Crippen LogP contribution in [0.2, 0.25) is 0 Å². The van der Waals surface area contributed by atoms with Crippen molar-refractivity contribution in [3.63, 3.8) is 0 Å². The summed E-state index contributed by atoms with van der Waals surface area (Å²) in [6, 6.07) is 144. The number of rotatable bonds is 12. The molecule has 0 unspecified atom stereocenters. The van der Waals surface area contributed by atoms with E-state index in [2.05, 4.69) is 450 Å². The summed E-state index contributed by atoms with van der Waals surface area (Å²) in [5.74, 6) is 2.71. The summed E-state index contributed by atoms with van der Waals surface area (Å²) >= 11 is 0. The molecule has 6 aliphatic carbocycles. The second-order valence-electron chi connectivity index (χ2n) is 42.3. The average Bonchev–Trinajstić information content (AvgIpc) is 1.57. The van der Waals surface area contributed by atoms with Gasteiger partial charge in [0.2, 0.25) is 0 Å². The summed E-state index contributed by atoms with van der Waals surface area (Å²) in [6.07, 6.45) is 5.50. The van der Waals surface area contributed by atoms with E-state index in [4.69, 9.17) is 29.9 Å². The Morgan fingerprint density at radius 2 is 0.368 bits per heavy atom. The van der Waals surface area contributed by atoms with Gasteiger partial charge in [0.1, 0.15) is 0 Å². The highest BCUT2D eigenvalue weighted by Gasteiger charge is 2.43. The molecule has 0 bridgehead atoms. The van der Waals surface area contributed by atoms with Crippen molar-refractivity contribution in [2.24, 2.45) is 0 Å². The van der Waals surface area contributed by atoms with E-state index >= 15 is 0 Å². The van der Waals surface area contributed by atoms with Crippen molar-refractivity contribution >= 4 is 0 Å². The highest BCUT2D eigenvalue weighted by atomic mass is 15.0. The molecule has 9 nitrogen and oxygen atoms in total. The molecule has 0 N–H and O–H groups in total. The first-order valence-electron chi connectivity index (χ1n) is 50.1. The van der Waals surface area contributed by atoms with Crippen LogP contribution in [-0.4, -0.2) is 44.9 Å². The molecule has 690 valence electrons. The van der Waals surface area contributed by atoms with Gasteiger partial charge in [-0.05, 0) is 230 Å². The van der Waals surface area contributed by atoms with Gasteiger partial charge in [-0.15, -0.1) is 0 Å². The van der Waals surface area contributed by atoms with Crippen LogP contribution < -0.4 is 0 Å². The lowest BCUT2D eigenvalue weighted by molar-refractivity contribution is 0.660. The maximum Gasteiger partial charge on any atom is 0.164 e. The van der Waals surface area contributed by atoms with Crippen molar-refractivity contribution in [2.75, 3.05) is 0 Å². The first kappa shape index (κ1) is 88.4. The van der Waals surface area contributed by atoms with E-state index in [1.165, 1.54) is 134 Å². The van der Waals surface area contributed by atoms with E-state index in [9.17, 15) is 0 Å². The van der Waals surface area contributed by atoms with E-state index in [1.807, 2.05) is 67.1 Å². The summed E-state index contributed by atoms with van der Waals surface area (Å²) in [4.78, 5) is 45.1. The molecule has 15 aromatic carbocycles. The second kappa shape index (κ2) is 33.9. The minimum Gasteiger partial charge on any atom is -0.256 e. The van der Waals surface area contributed by atoms with Gasteiger partial charge in [0.15, 0.2) is 23.3 Å². The lowest BCUT2D eigenvalue weighted by atomic mass is 9.82. The summed E-state index contributed by atoms with van der Waals surface area (Å²) in [5, 5.41) is 0. The molecule has 0 spiro atoms. The number of benzene rings is 15. The second-order valence-corrected chi connectivity index (χ2v) is 42.3. The molecule has 6 aromatic heterocycles. The summed E-state index contributed by atoms with van der Waals surface area (Å²) in [7, 11) is 0. The number of hydrogen-bond acceptors (Lipinski definition) is 9. The molecule has 6 aliphatic rings. The van der Waals surface area contributed by atoms with E-state index in [-0.39, 0.29) is 32.5 Å². The Kier molecular flexibility index (Phi) is 20.8. The topological polar surface area (TPSA) is 116 Å². The number of aromatic nitrogens is 9. The van der Waals surface area contributed by atoms with E-state index in [0.717, 1.165) is 118 Å². The zero-order valence-electron chi connectivity index (χ0n) is 82.9. The Morgan fingerprint density at radius 3 is 0.722 bits per heavy atom. The summed E-state index contributed by atoms with van der Waals surface area (Å²) in [5.41, 5.74) is 51.7. The van der Waals surface area contributed by atoms with Gasteiger partial charge >= 0.3 is 0 Å². The molecule has 0 saturated heterocycles. The van der Waals surface area contributed by atoms with Crippen LogP contribution in [-0.2, 0) is 32.5 Å². The molecule has 0 radical (unpaired) electrons. The molecule has 9 heteroatoms. The maximum absolute atomic E-state index is 5.39. The molecule has 144 heavy (non-hydrogen) atoms. The van der Waals surface area contributed by atoms with Gasteiger partial charge in [0.05, 0.1) is 39.9 Å². The van der Waals surface area contributed by atoms with Crippen molar-refractivity contribution < 1.29 is 0 Å². The van der Waals surface area contributed by atoms with Gasteiger partial charge in [-0.3, -0.25) is 15.0 Å². The molecular weight excluding hydrogens is 1750 g/mol. The minimum absolute atomic E-state index is 0.0330. The largest absolute Gasteiger partial charge is 0.256 e. The van der Waals surface area contributed by atoms with E-state index in [0.29, 0.717) is 17.5 Å². The standard InChI is InChI=1S/C46H36N2.C45H35N3.C44H34N4/c1-45(2)38-13-7-5-11-34(38)36-25-31(20-22-40(36)45)43-27-33(29-16-18-30(19-17-29)42-15-9-10-24-47-42)28-44(48-43)32-21-23-41-37(26-32)35-12-6-8-14-39(35)46(41,3)4;1-44(2)36-13-7-5-11-32(36)34-25-30(20-22-38(34)44)42-27-41(29-18-16-28(17-19-29)40-15-9-10-24-46-40)47-43(48-42)31-21-23-39-35(26-31)33-12-6-8-14-37(33)45(39,3)4;1-43(2)34-15-7-5-12-30(34)33-26-29(23-24-36(33)43)41-46-40(28-21-19-27(20-22-28)38-18-9-10-25-45-38)47-42(48-41)32-14-11-17-37-39(32)31-13-6-8-16-35(31)44(37,3)4/h5-28H,1-4H3;5-27H,1-4H3;5-26H,1-4H3. The first-order chi connectivity index (χ1) is 69.9. The number of nitrogens with zero attached hydrogens (tertiary/aromatic N) is 9. The lowest BCUT2D eigenvalue weighted by Crippen LogP contribution is -2.14. The normalized spacial score (nSPS) is 14.6. The van der Waals surface area contributed by atoms with Gasteiger partial charge in [0.25, 0.3) is 0 Å². The smallest absolute Gasteiger partial charge is 0.164 e. The molecule has 27 rings (SSSR count). The molecule has 0 saturated carbocycles. The van der Waals surface area contributed by atoms with Crippen LogP contribution in [0.25, 0.3) is 202 Å². The Morgan fingerprint density at radius 1 is 0.132 bits per heavy atom. The highest BCUT2D eigenvalue weighted by Crippen LogP contribution is 2.58. The van der Waals surface area contributed by atoms with Crippen molar-refractivity contribution in [1.29, 1.82) is 0 Å². The SMILES string of the molecule is CC1(C)c2ccccc2-c2cc(-c3cc(-c4ccc(-c5ccccn5)cc4)cc(-c4ccc5c(c4)-c4ccccc4C5(C)C)n3)ccc21.CC1(C)c2ccccc2-c2cc(-c3cc(-c4ccc(-c5ccccn5)cc4)nc(-c4ccc5c(c4)-c4ccccc4C5(C)C)n3)ccc21.CC1(C)c2ccccc2-c2cc(-c3nc(-c4ccc(-c5ccccn5)cc4)nc(-c4cccc5c4-c4ccccc4C5(C)C)n3)ccc21. The zero-order valence-corrected chi connectivity index (χ0v) is 82.9. The van der Waals surface area contributed by atoms with Crippen LogP contribution >= 0.6 is 0 Å². The number of fused-ring (bicyclic) bond motifs is 18. The van der Waals surface area contributed by atoms with Gasteiger partial charge < -0.3 is 0 Å². The predicted octanol–water partition coefficient (Wildman–Crippen LogP) is 33.5. The monoisotopic (exact) mass is 1850 g/mol. The van der Waals surface area contributed by atoms with Crippen molar-refractivity contribution in [3.05, 3.63) is 486 Å².